The molecule has 2 aliphatic carbocycles. The minimum atomic E-state index is -1.16. The van der Waals surface area contributed by atoms with Gasteiger partial charge in [0, 0.05) is 16.0 Å². The number of carbonyl (C=O) groups excluding carboxylic acids is 2. The average Bonchev–Trinajstić information content (AvgIpc) is 3.49. The van der Waals surface area contributed by atoms with Gasteiger partial charge in [0.2, 0.25) is 11.8 Å². The highest BCUT2D eigenvalue weighted by atomic mass is 32.2. The third kappa shape index (κ3) is 2.84. The molecule has 0 spiro atoms. The van der Waals surface area contributed by atoms with E-state index in [-0.39, 0.29) is 57.3 Å². The molecule has 2 saturated carbocycles. The Bertz CT molecular complexity index is 1270. The quantitative estimate of drug-likeness (QED) is 0.551. The van der Waals surface area contributed by atoms with Gasteiger partial charge in [-0.2, -0.15) is 0 Å². The molecule has 2 amide bonds. The van der Waals surface area contributed by atoms with E-state index in [1.54, 1.807) is 37.7 Å². The molecule has 1 aromatic heterocycles. The van der Waals surface area contributed by atoms with E-state index in [0.29, 0.717) is 0 Å². The van der Waals surface area contributed by atoms with Gasteiger partial charge in [0.25, 0.3) is 0 Å². The third-order valence-electron chi connectivity index (χ3n) is 8.17. The van der Waals surface area contributed by atoms with Crippen LogP contribution in [0.3, 0.4) is 0 Å². The van der Waals surface area contributed by atoms with E-state index in [2.05, 4.69) is 4.98 Å². The summed E-state index contributed by atoms with van der Waals surface area (Å²) in [6.07, 6.45) is 0.746. The number of hydrogen-bond acceptors (Lipinski definition) is 7. The zero-order valence-electron chi connectivity index (χ0n) is 18.5. The summed E-state index contributed by atoms with van der Waals surface area (Å²) in [5.41, 5.74) is 0.966. The molecule has 8 atom stereocenters. The SMILES string of the molecule is CC(C)C(C(=O)O)N1C(=O)C2C3CC(C2C1=O)C1C(c2ccc(O)cc2)c2sc(=O)[nH]c2SC31. The van der Waals surface area contributed by atoms with E-state index >= 15 is 0 Å². The molecule has 3 fully saturated rings. The maximum absolute atomic E-state index is 13.6. The second-order valence-electron chi connectivity index (χ2n) is 10.1. The van der Waals surface area contributed by atoms with Crippen LogP contribution in [0.25, 0.3) is 0 Å². The molecule has 4 aliphatic rings. The fourth-order valence-electron chi connectivity index (χ4n) is 7.06. The van der Waals surface area contributed by atoms with Crippen LogP contribution >= 0.6 is 23.1 Å². The van der Waals surface area contributed by atoms with E-state index in [4.69, 9.17) is 0 Å². The molecule has 1 saturated heterocycles. The topological polar surface area (TPSA) is 128 Å². The van der Waals surface area contributed by atoms with Gasteiger partial charge in [-0.15, -0.1) is 11.8 Å². The number of nitrogens with one attached hydrogen (secondary N) is 1. The number of imide groups is 1. The van der Waals surface area contributed by atoms with Crippen LogP contribution in [0.5, 0.6) is 5.75 Å². The lowest BCUT2D eigenvalue weighted by molar-refractivity contribution is -0.157. The molecule has 2 aromatic rings. The second kappa shape index (κ2) is 7.45. The van der Waals surface area contributed by atoms with Crippen molar-refractivity contribution in [1.29, 1.82) is 0 Å². The van der Waals surface area contributed by atoms with Crippen molar-refractivity contribution in [2.24, 2.45) is 35.5 Å². The highest BCUT2D eigenvalue weighted by molar-refractivity contribution is 8.00. The lowest BCUT2D eigenvalue weighted by atomic mass is 9.68. The summed E-state index contributed by atoms with van der Waals surface area (Å²) >= 11 is 2.77. The van der Waals surface area contributed by atoms with Crippen molar-refractivity contribution in [1.82, 2.24) is 9.88 Å². The first-order valence-corrected chi connectivity index (χ1v) is 13.2. The number of phenols is 1. The Kier molecular flexibility index (Phi) is 4.80. The molecular weight excluding hydrogens is 476 g/mol. The van der Waals surface area contributed by atoms with Crippen molar-refractivity contribution < 1.29 is 24.6 Å². The van der Waals surface area contributed by atoms with E-state index in [0.717, 1.165) is 26.8 Å². The van der Waals surface area contributed by atoms with Crippen LogP contribution in [-0.2, 0) is 14.4 Å². The van der Waals surface area contributed by atoms with Gasteiger partial charge in [0.1, 0.15) is 11.8 Å². The van der Waals surface area contributed by atoms with Gasteiger partial charge in [0.05, 0.1) is 16.9 Å². The summed E-state index contributed by atoms with van der Waals surface area (Å²) in [6.45, 7) is 3.43. The van der Waals surface area contributed by atoms with Crippen molar-refractivity contribution in [3.63, 3.8) is 0 Å². The van der Waals surface area contributed by atoms with Crippen LogP contribution in [0.2, 0.25) is 0 Å². The molecule has 2 bridgehead atoms. The fourth-order valence-corrected chi connectivity index (χ4v) is 9.95. The number of aromatic amines is 1. The first kappa shape index (κ1) is 21.9. The molecule has 8 nitrogen and oxygen atoms in total. The van der Waals surface area contributed by atoms with Crippen molar-refractivity contribution in [3.05, 3.63) is 44.4 Å². The molecule has 2 aliphatic heterocycles. The standard InChI is InChI=1S/C24H24N2O6S2/c1-8(2)17(23(30)31)26-21(28)15-11-7-12(16(15)22(26)29)18-14(11)13(9-3-5-10(27)6-4-9)19-20(33-18)25-24(32)34-19/h3-6,8,11-18,27H,7H2,1-2H3,(H,25,32)(H,30,31). The predicted molar refractivity (Wildman–Crippen MR) is 125 cm³/mol. The number of aliphatic carboxylic acids is 1. The summed E-state index contributed by atoms with van der Waals surface area (Å²) < 4.78 is 0. The number of thioether (sulfide) groups is 1. The number of nitrogens with zero attached hydrogens (tertiary/aromatic N) is 1. The first-order chi connectivity index (χ1) is 16.2. The number of aromatic hydroxyl groups is 1. The Morgan fingerprint density at radius 1 is 1.09 bits per heavy atom. The Labute approximate surface area is 203 Å². The van der Waals surface area contributed by atoms with E-state index < -0.39 is 23.8 Å². The largest absolute Gasteiger partial charge is 0.508 e. The van der Waals surface area contributed by atoms with Crippen LogP contribution in [0.15, 0.2) is 34.1 Å². The van der Waals surface area contributed by atoms with Gasteiger partial charge in [-0.25, -0.2) is 4.79 Å². The summed E-state index contributed by atoms with van der Waals surface area (Å²) in [4.78, 5) is 56.1. The molecule has 1 aromatic carbocycles. The van der Waals surface area contributed by atoms with E-state index in [1.165, 1.54) is 11.3 Å². The smallest absolute Gasteiger partial charge is 0.327 e. The lowest BCUT2D eigenvalue weighted by Gasteiger charge is -2.43. The molecule has 10 heteroatoms. The van der Waals surface area contributed by atoms with Gasteiger partial charge in [-0.1, -0.05) is 37.3 Å². The lowest BCUT2D eigenvalue weighted by Crippen LogP contribution is -2.49. The van der Waals surface area contributed by atoms with Crippen LogP contribution in [-0.4, -0.2) is 49.2 Å². The maximum Gasteiger partial charge on any atom is 0.327 e. The van der Waals surface area contributed by atoms with Crippen LogP contribution in [0.4, 0.5) is 0 Å². The third-order valence-corrected chi connectivity index (χ3v) is 10.8. The normalized spacial score (nSPS) is 34.3. The zero-order chi connectivity index (χ0) is 24.0. The molecule has 3 N–H and O–H groups in total. The summed E-state index contributed by atoms with van der Waals surface area (Å²) in [5.74, 6) is -3.32. The summed E-state index contributed by atoms with van der Waals surface area (Å²) in [5, 5.41) is 20.5. The number of rotatable bonds is 4. The van der Waals surface area contributed by atoms with Crippen LogP contribution < -0.4 is 4.87 Å². The molecular formula is C24H24N2O6S2. The number of aromatic nitrogens is 1. The number of carbonyl (C=O) groups is 3. The first-order valence-electron chi connectivity index (χ1n) is 11.5. The Hall–Kier alpha value is -2.59. The van der Waals surface area contributed by atoms with Gasteiger partial charge in [-0.3, -0.25) is 19.3 Å². The Balaban J connectivity index is 1.44. The number of thiazole rings is 1. The fraction of sp³-hybridized carbons (Fsp3) is 0.500. The number of fused-ring (bicyclic) bond motifs is 9. The van der Waals surface area contributed by atoms with Crippen molar-refractivity contribution in [3.8, 4) is 5.75 Å². The maximum atomic E-state index is 13.6. The highest BCUT2D eigenvalue weighted by Crippen LogP contribution is 2.68. The number of hydrogen-bond donors (Lipinski definition) is 3. The minimum Gasteiger partial charge on any atom is -0.508 e. The van der Waals surface area contributed by atoms with Gasteiger partial charge < -0.3 is 15.2 Å². The Morgan fingerprint density at radius 3 is 2.35 bits per heavy atom. The van der Waals surface area contributed by atoms with Crippen molar-refractivity contribution in [2.45, 2.75) is 42.5 Å². The number of carboxylic acid groups (broad SMARTS) is 1. The molecule has 0 radical (unpaired) electrons. The summed E-state index contributed by atoms with van der Waals surface area (Å²) in [7, 11) is 0. The predicted octanol–water partition coefficient (Wildman–Crippen LogP) is 2.72. The van der Waals surface area contributed by atoms with Gasteiger partial charge in [0.15, 0.2) is 0 Å². The highest BCUT2D eigenvalue weighted by Gasteiger charge is 2.70. The summed E-state index contributed by atoms with van der Waals surface area (Å²) in [6, 6.07) is 5.81. The van der Waals surface area contributed by atoms with E-state index in [9.17, 15) is 29.4 Å². The molecule has 6 rings (SSSR count). The Morgan fingerprint density at radius 2 is 1.74 bits per heavy atom. The number of likely N-dealkylation sites (tertiary alicyclic amines) is 1. The molecule has 3 heterocycles. The minimum absolute atomic E-state index is 0.0405. The van der Waals surface area contributed by atoms with Gasteiger partial charge in [-0.05, 0) is 47.8 Å². The monoisotopic (exact) mass is 500 g/mol. The van der Waals surface area contributed by atoms with E-state index in [1.807, 2.05) is 12.1 Å². The molecule has 178 valence electrons. The zero-order valence-corrected chi connectivity index (χ0v) is 20.1. The van der Waals surface area contributed by atoms with Gasteiger partial charge >= 0.3 is 10.8 Å². The van der Waals surface area contributed by atoms with Crippen LogP contribution in [0, 0.1) is 35.5 Å². The number of carboxylic acids is 1. The van der Waals surface area contributed by atoms with Crippen molar-refractivity contribution >= 4 is 40.9 Å². The number of amides is 2. The number of H-pyrrole nitrogens is 1. The molecule has 34 heavy (non-hydrogen) atoms. The average molecular weight is 501 g/mol. The number of benzene rings is 1. The van der Waals surface area contributed by atoms with Crippen molar-refractivity contribution in [2.75, 3.05) is 0 Å². The second-order valence-corrected chi connectivity index (χ2v) is 12.3. The molecule has 8 unspecified atom stereocenters. The van der Waals surface area contributed by atoms with Crippen LogP contribution in [0.1, 0.15) is 36.6 Å². The number of phenolic OH excluding ortho intramolecular Hbond substituents is 1.